The minimum Gasteiger partial charge on any atom is -0.394 e. The molecule has 0 spiro atoms. The summed E-state index contributed by atoms with van der Waals surface area (Å²) in [4.78, 5) is 30.1. The fourth-order valence-electron chi connectivity index (χ4n) is 3.87. The zero-order chi connectivity index (χ0) is 29.0. The van der Waals surface area contributed by atoms with Gasteiger partial charge in [0.1, 0.15) is 12.1 Å². The maximum absolute atomic E-state index is 13.1. The Labute approximate surface area is 233 Å². The zero-order valence-corrected chi connectivity index (χ0v) is 22.7. The predicted molar refractivity (Wildman–Crippen MR) is 154 cm³/mol. The van der Waals surface area contributed by atoms with Crippen LogP contribution >= 0.6 is 0 Å². The number of sulfonamides is 1. The van der Waals surface area contributed by atoms with Crippen LogP contribution in [0.15, 0.2) is 89.9 Å². The van der Waals surface area contributed by atoms with Crippen LogP contribution in [0.25, 0.3) is 0 Å². The average molecular weight is 567 g/mol. The van der Waals surface area contributed by atoms with E-state index >= 15 is 0 Å². The Morgan fingerprint density at radius 1 is 0.800 bits per heavy atom. The molecule has 1 unspecified atom stereocenters. The van der Waals surface area contributed by atoms with Gasteiger partial charge in [-0.05, 0) is 41.7 Å². The fraction of sp³-hybridized carbons (Fsp3) is 0.250. The lowest BCUT2D eigenvalue weighted by Gasteiger charge is -2.22. The number of nitrogens with two attached hydrogens (primary N) is 2. The molecule has 0 saturated carbocycles. The Bertz CT molecular complexity index is 1380. The van der Waals surface area contributed by atoms with E-state index in [9.17, 15) is 23.1 Å². The summed E-state index contributed by atoms with van der Waals surface area (Å²) in [6, 6.07) is 22.3. The number of aliphatic hydroxyl groups is 1. The van der Waals surface area contributed by atoms with Crippen LogP contribution in [0.4, 0.5) is 5.69 Å². The molecule has 0 aliphatic heterocycles. The summed E-state index contributed by atoms with van der Waals surface area (Å²) >= 11 is 0. The van der Waals surface area contributed by atoms with Gasteiger partial charge in [-0.1, -0.05) is 72.8 Å². The summed E-state index contributed by atoms with van der Waals surface area (Å²) in [7, 11) is -3.96. The number of nitrogens with one attached hydrogen (secondary N) is 3. The van der Waals surface area contributed by atoms with Crippen molar-refractivity contribution in [3.05, 3.63) is 102 Å². The first kappa shape index (κ1) is 30.3. The monoisotopic (exact) mass is 566 g/mol. The van der Waals surface area contributed by atoms with Gasteiger partial charge in [-0.2, -0.15) is 0 Å². The first-order valence-electron chi connectivity index (χ1n) is 12.6. The van der Waals surface area contributed by atoms with Crippen molar-refractivity contribution in [3.8, 4) is 0 Å². The molecule has 3 rings (SSSR count). The highest BCUT2D eigenvalue weighted by molar-refractivity contribution is 7.88. The molecule has 12 heteroatoms. The Balaban J connectivity index is 1.67. The van der Waals surface area contributed by atoms with E-state index < -0.39 is 40.5 Å². The molecular formula is C28H34N6O5S. The third kappa shape index (κ3) is 10.1. The summed E-state index contributed by atoms with van der Waals surface area (Å²) in [6.45, 7) is -0.610. The number of amides is 2. The number of hydrogen-bond acceptors (Lipinski definition) is 6. The van der Waals surface area contributed by atoms with Crippen molar-refractivity contribution in [2.24, 2.45) is 16.5 Å². The second kappa shape index (κ2) is 14.8. The number of aryl methyl sites for hydroxylation is 1. The van der Waals surface area contributed by atoms with Gasteiger partial charge < -0.3 is 27.2 Å². The van der Waals surface area contributed by atoms with Gasteiger partial charge in [-0.15, -0.1) is 0 Å². The third-order valence-corrected chi connectivity index (χ3v) is 7.24. The van der Waals surface area contributed by atoms with Crippen LogP contribution in [0.2, 0.25) is 0 Å². The molecule has 0 radical (unpaired) electrons. The minimum absolute atomic E-state index is 0.0680. The molecule has 3 aromatic carbocycles. The van der Waals surface area contributed by atoms with E-state index in [2.05, 4.69) is 20.3 Å². The van der Waals surface area contributed by atoms with Crippen molar-refractivity contribution in [3.63, 3.8) is 0 Å². The van der Waals surface area contributed by atoms with Crippen LogP contribution in [0.5, 0.6) is 0 Å². The summed E-state index contributed by atoms with van der Waals surface area (Å²) in [5.41, 5.74) is 13.6. The average Bonchev–Trinajstić information content (AvgIpc) is 2.94. The van der Waals surface area contributed by atoms with Gasteiger partial charge in [0.2, 0.25) is 21.8 Å². The number of carbonyl (C=O) groups is 2. The number of hydrogen-bond donors (Lipinski definition) is 6. The lowest BCUT2D eigenvalue weighted by atomic mass is 10.0. The fourth-order valence-corrected chi connectivity index (χ4v) is 5.20. The predicted octanol–water partition coefficient (Wildman–Crippen LogP) is 0.806. The van der Waals surface area contributed by atoms with E-state index in [1.165, 1.54) is 0 Å². The summed E-state index contributed by atoms with van der Waals surface area (Å²) in [6.07, 6.45) is 0.732. The SMILES string of the molecule is NC(N)=Nc1ccc(CNC(=O)[C@H](CCc2ccccc2)NC(=O)C(CO)NS(=O)(=O)Cc2ccccc2)cc1. The smallest absolute Gasteiger partial charge is 0.242 e. The number of aliphatic hydroxyl groups excluding tert-OH is 1. The largest absolute Gasteiger partial charge is 0.394 e. The minimum atomic E-state index is -3.96. The van der Waals surface area contributed by atoms with Crippen LogP contribution in [0, 0.1) is 0 Å². The molecule has 0 fully saturated rings. The molecule has 212 valence electrons. The van der Waals surface area contributed by atoms with Crippen LogP contribution in [0.1, 0.15) is 23.1 Å². The molecule has 0 aliphatic rings. The normalized spacial score (nSPS) is 12.6. The van der Waals surface area contributed by atoms with Crippen molar-refractivity contribution < 1.29 is 23.1 Å². The third-order valence-electron chi connectivity index (χ3n) is 5.88. The molecule has 8 N–H and O–H groups in total. The standard InChI is InChI=1S/C28H34N6O5S/c29-28(30)32-23-14-11-21(12-15-23)17-31-26(36)24(16-13-20-7-3-1-4-8-20)33-27(37)25(18-35)34-40(38,39)19-22-9-5-2-6-10-22/h1-12,14-15,24-25,34-35H,13,16-19H2,(H,31,36)(H,33,37)(H4,29,30,32)/t24-,25?/m0/s1. The van der Waals surface area contributed by atoms with Gasteiger partial charge >= 0.3 is 0 Å². The molecule has 2 amide bonds. The van der Waals surface area contributed by atoms with Crippen molar-refractivity contribution in [1.29, 1.82) is 0 Å². The zero-order valence-electron chi connectivity index (χ0n) is 21.9. The molecule has 0 saturated heterocycles. The van der Waals surface area contributed by atoms with E-state index in [0.29, 0.717) is 17.7 Å². The van der Waals surface area contributed by atoms with Gasteiger partial charge in [-0.3, -0.25) is 9.59 Å². The number of rotatable bonds is 14. The van der Waals surface area contributed by atoms with Crippen LogP contribution in [0.3, 0.4) is 0 Å². The second-order valence-corrected chi connectivity index (χ2v) is 10.9. The van der Waals surface area contributed by atoms with E-state index in [1.54, 1.807) is 54.6 Å². The molecule has 0 aromatic heterocycles. The van der Waals surface area contributed by atoms with Gasteiger partial charge in [0.15, 0.2) is 5.96 Å². The Morgan fingerprint density at radius 2 is 1.40 bits per heavy atom. The van der Waals surface area contributed by atoms with E-state index in [-0.39, 0.29) is 24.7 Å². The number of guanidine groups is 1. The van der Waals surface area contributed by atoms with Crippen molar-refractivity contribution in [2.75, 3.05) is 6.61 Å². The lowest BCUT2D eigenvalue weighted by molar-refractivity contribution is -0.130. The first-order chi connectivity index (χ1) is 19.1. The molecule has 40 heavy (non-hydrogen) atoms. The highest BCUT2D eigenvalue weighted by Gasteiger charge is 2.28. The number of aliphatic imine (C=N–C) groups is 1. The van der Waals surface area contributed by atoms with Gasteiger partial charge in [0.05, 0.1) is 18.0 Å². The molecule has 0 aliphatic carbocycles. The van der Waals surface area contributed by atoms with Gasteiger partial charge in [0, 0.05) is 6.54 Å². The number of carbonyl (C=O) groups excluding carboxylic acids is 2. The number of nitrogens with zero attached hydrogens (tertiary/aromatic N) is 1. The quantitative estimate of drug-likeness (QED) is 0.123. The topological polar surface area (TPSA) is 189 Å². The second-order valence-electron chi connectivity index (χ2n) is 9.10. The molecule has 0 bridgehead atoms. The maximum Gasteiger partial charge on any atom is 0.242 e. The summed E-state index contributed by atoms with van der Waals surface area (Å²) in [5, 5.41) is 15.2. The highest BCUT2D eigenvalue weighted by atomic mass is 32.2. The van der Waals surface area contributed by atoms with Crippen molar-refractivity contribution in [1.82, 2.24) is 15.4 Å². The van der Waals surface area contributed by atoms with Crippen LogP contribution in [-0.2, 0) is 38.3 Å². The Morgan fingerprint density at radius 3 is 1.98 bits per heavy atom. The van der Waals surface area contributed by atoms with Crippen molar-refractivity contribution >= 4 is 33.5 Å². The summed E-state index contributed by atoms with van der Waals surface area (Å²) in [5.74, 6) is -1.70. The maximum atomic E-state index is 13.1. The highest BCUT2D eigenvalue weighted by Crippen LogP contribution is 2.13. The van der Waals surface area contributed by atoms with E-state index in [4.69, 9.17) is 11.5 Å². The van der Waals surface area contributed by atoms with Crippen LogP contribution < -0.4 is 26.8 Å². The first-order valence-corrected chi connectivity index (χ1v) is 14.3. The molecule has 3 aromatic rings. The molecule has 2 atom stereocenters. The van der Waals surface area contributed by atoms with Crippen molar-refractivity contribution in [2.45, 2.75) is 37.2 Å². The Hall–Kier alpha value is -4.26. The number of benzene rings is 3. The van der Waals surface area contributed by atoms with Gasteiger partial charge in [-0.25, -0.2) is 18.1 Å². The molecule has 0 heterocycles. The van der Waals surface area contributed by atoms with Gasteiger partial charge in [0.25, 0.3) is 0 Å². The lowest BCUT2D eigenvalue weighted by Crippen LogP contribution is -2.55. The molecular weight excluding hydrogens is 532 g/mol. The Kier molecular flexibility index (Phi) is 11.2. The van der Waals surface area contributed by atoms with Crippen LogP contribution in [-0.4, -0.2) is 50.0 Å². The molecule has 11 nitrogen and oxygen atoms in total. The van der Waals surface area contributed by atoms with E-state index in [0.717, 1.165) is 11.1 Å². The van der Waals surface area contributed by atoms with E-state index in [1.807, 2.05) is 30.3 Å². The summed E-state index contributed by atoms with van der Waals surface area (Å²) < 4.78 is 27.5.